The van der Waals surface area contributed by atoms with Crippen molar-refractivity contribution in [2.45, 2.75) is 26.2 Å². The Bertz CT molecular complexity index is 335. The van der Waals surface area contributed by atoms with Gasteiger partial charge in [0.2, 0.25) is 0 Å². The van der Waals surface area contributed by atoms with Crippen LogP contribution in [0.25, 0.3) is 0 Å². The third kappa shape index (κ3) is 13.1. The zero-order chi connectivity index (χ0) is 11.7. The quantitative estimate of drug-likeness (QED) is 0.812. The second-order valence-electron chi connectivity index (χ2n) is 3.32. The van der Waals surface area contributed by atoms with Gasteiger partial charge in [0.15, 0.2) is 0 Å². The van der Waals surface area contributed by atoms with E-state index in [-0.39, 0.29) is 0 Å². The van der Waals surface area contributed by atoms with E-state index < -0.39 is 10.1 Å². The average Bonchev–Trinajstić information content (AvgIpc) is 2.14. The lowest BCUT2D eigenvalue weighted by atomic mass is 10.1. The molecular formula is C11H18O3S. The Balaban J connectivity index is 0.000000336. The van der Waals surface area contributed by atoms with Crippen LogP contribution < -0.4 is 0 Å². The molecule has 0 radical (unpaired) electrons. The van der Waals surface area contributed by atoms with E-state index in [1.807, 2.05) is 0 Å². The molecule has 0 aliphatic carbocycles. The van der Waals surface area contributed by atoms with Crippen molar-refractivity contribution in [3.05, 3.63) is 35.9 Å². The summed E-state index contributed by atoms with van der Waals surface area (Å²) in [4.78, 5) is 0. The Morgan fingerprint density at radius 2 is 1.67 bits per heavy atom. The highest BCUT2D eigenvalue weighted by Crippen LogP contribution is 2.03. The Kier molecular flexibility index (Phi) is 6.99. The van der Waals surface area contributed by atoms with Crippen molar-refractivity contribution in [1.82, 2.24) is 0 Å². The van der Waals surface area contributed by atoms with Crippen molar-refractivity contribution < 1.29 is 13.0 Å². The van der Waals surface area contributed by atoms with Crippen LogP contribution in [0.3, 0.4) is 0 Å². The number of rotatable bonds is 3. The molecule has 0 atom stereocenters. The van der Waals surface area contributed by atoms with Crippen LogP contribution >= 0.6 is 0 Å². The van der Waals surface area contributed by atoms with Crippen molar-refractivity contribution in [3.8, 4) is 0 Å². The largest absolute Gasteiger partial charge is 0.286 e. The standard InChI is InChI=1S/C10H14.CH4O3S/c1-2-3-7-10-8-5-4-6-9-10;1-5(2,3)4/h4-6,8-9H,2-3,7H2,1H3;1H3,(H,2,3,4). The first kappa shape index (κ1) is 14.1. The van der Waals surface area contributed by atoms with Gasteiger partial charge in [-0.05, 0) is 18.4 Å². The predicted octanol–water partition coefficient (Wildman–Crippen LogP) is 2.53. The normalized spacial score (nSPS) is 10.3. The molecule has 1 N–H and O–H groups in total. The van der Waals surface area contributed by atoms with Crippen LogP contribution in [0.5, 0.6) is 0 Å². The van der Waals surface area contributed by atoms with Crippen molar-refractivity contribution in [2.75, 3.05) is 6.26 Å². The van der Waals surface area contributed by atoms with Gasteiger partial charge in [-0.3, -0.25) is 4.55 Å². The van der Waals surface area contributed by atoms with E-state index in [1.165, 1.54) is 24.8 Å². The van der Waals surface area contributed by atoms with Crippen LogP contribution in [0.4, 0.5) is 0 Å². The van der Waals surface area contributed by atoms with Gasteiger partial charge in [-0.25, -0.2) is 0 Å². The van der Waals surface area contributed by atoms with Gasteiger partial charge in [-0.2, -0.15) is 8.42 Å². The number of unbranched alkanes of at least 4 members (excludes halogenated alkanes) is 1. The predicted molar refractivity (Wildman–Crippen MR) is 62.5 cm³/mol. The molecule has 1 aromatic rings. The molecular weight excluding hydrogens is 212 g/mol. The molecule has 0 amide bonds. The molecule has 0 aromatic heterocycles. The fraction of sp³-hybridized carbons (Fsp3) is 0.455. The van der Waals surface area contributed by atoms with Crippen LogP contribution in [0.15, 0.2) is 30.3 Å². The molecule has 0 bridgehead atoms. The molecule has 1 aromatic carbocycles. The monoisotopic (exact) mass is 230 g/mol. The third-order valence-corrected chi connectivity index (χ3v) is 1.66. The number of benzene rings is 1. The van der Waals surface area contributed by atoms with Gasteiger partial charge >= 0.3 is 0 Å². The van der Waals surface area contributed by atoms with Crippen molar-refractivity contribution in [1.29, 1.82) is 0 Å². The Morgan fingerprint density at radius 1 is 1.20 bits per heavy atom. The molecule has 0 saturated heterocycles. The van der Waals surface area contributed by atoms with E-state index in [0.29, 0.717) is 6.26 Å². The lowest BCUT2D eigenvalue weighted by Gasteiger charge is -1.96. The molecule has 4 heteroatoms. The first-order valence-electron chi connectivity index (χ1n) is 4.90. The SMILES string of the molecule is CCCCc1ccccc1.CS(=O)(=O)O. The molecule has 0 saturated carbocycles. The smallest absolute Gasteiger partial charge is 0.261 e. The molecule has 0 unspecified atom stereocenters. The van der Waals surface area contributed by atoms with E-state index in [1.54, 1.807) is 0 Å². The van der Waals surface area contributed by atoms with Gasteiger partial charge in [-0.15, -0.1) is 0 Å². The van der Waals surface area contributed by atoms with Gasteiger partial charge in [0.1, 0.15) is 0 Å². The van der Waals surface area contributed by atoms with E-state index in [9.17, 15) is 8.42 Å². The molecule has 0 aliphatic heterocycles. The fourth-order valence-corrected chi connectivity index (χ4v) is 1.03. The first-order valence-corrected chi connectivity index (χ1v) is 6.74. The van der Waals surface area contributed by atoms with E-state index in [2.05, 4.69) is 37.3 Å². The van der Waals surface area contributed by atoms with Crippen LogP contribution in [-0.4, -0.2) is 19.2 Å². The zero-order valence-electron chi connectivity index (χ0n) is 9.18. The second-order valence-corrected chi connectivity index (χ2v) is 4.79. The third-order valence-electron chi connectivity index (χ3n) is 1.66. The summed E-state index contributed by atoms with van der Waals surface area (Å²) in [5.74, 6) is 0. The summed E-state index contributed by atoms with van der Waals surface area (Å²) in [7, 11) is -3.67. The summed E-state index contributed by atoms with van der Waals surface area (Å²) in [5.41, 5.74) is 1.46. The minimum Gasteiger partial charge on any atom is -0.286 e. The summed E-state index contributed by atoms with van der Waals surface area (Å²) >= 11 is 0. The summed E-state index contributed by atoms with van der Waals surface area (Å²) in [6, 6.07) is 10.6. The Morgan fingerprint density at radius 3 is 2.07 bits per heavy atom. The maximum atomic E-state index is 9.19. The van der Waals surface area contributed by atoms with Crippen LogP contribution in [0.2, 0.25) is 0 Å². The molecule has 0 fully saturated rings. The summed E-state index contributed by atoms with van der Waals surface area (Å²) in [6.07, 6.45) is 4.54. The van der Waals surface area contributed by atoms with Crippen LogP contribution in [0, 0.1) is 0 Å². The minimum absolute atomic E-state index is 0.715. The van der Waals surface area contributed by atoms with Crippen molar-refractivity contribution in [2.24, 2.45) is 0 Å². The Hall–Kier alpha value is -0.870. The van der Waals surface area contributed by atoms with Crippen molar-refractivity contribution >= 4 is 10.1 Å². The zero-order valence-corrected chi connectivity index (χ0v) is 10.00. The topological polar surface area (TPSA) is 54.4 Å². The summed E-state index contributed by atoms with van der Waals surface area (Å²) in [5, 5.41) is 0. The van der Waals surface area contributed by atoms with Crippen LogP contribution in [0.1, 0.15) is 25.3 Å². The molecule has 0 aliphatic rings. The van der Waals surface area contributed by atoms with Gasteiger partial charge in [0.05, 0.1) is 6.26 Å². The average molecular weight is 230 g/mol. The van der Waals surface area contributed by atoms with E-state index in [0.717, 1.165) is 0 Å². The molecule has 1 rings (SSSR count). The van der Waals surface area contributed by atoms with Gasteiger partial charge in [0, 0.05) is 0 Å². The maximum absolute atomic E-state index is 9.19. The second kappa shape index (κ2) is 7.43. The lowest BCUT2D eigenvalue weighted by Crippen LogP contribution is -1.88. The van der Waals surface area contributed by atoms with Crippen molar-refractivity contribution in [3.63, 3.8) is 0 Å². The minimum atomic E-state index is -3.67. The highest BCUT2D eigenvalue weighted by atomic mass is 32.2. The number of hydrogen-bond acceptors (Lipinski definition) is 2. The molecule has 0 spiro atoms. The van der Waals surface area contributed by atoms with Crippen LogP contribution in [-0.2, 0) is 16.5 Å². The fourth-order valence-electron chi connectivity index (χ4n) is 1.03. The number of hydrogen-bond donors (Lipinski definition) is 1. The summed E-state index contributed by atoms with van der Waals surface area (Å²) < 4.78 is 25.9. The van der Waals surface area contributed by atoms with Gasteiger partial charge in [0.25, 0.3) is 10.1 Å². The highest BCUT2D eigenvalue weighted by Gasteiger charge is 1.87. The van der Waals surface area contributed by atoms with Gasteiger partial charge < -0.3 is 0 Å². The summed E-state index contributed by atoms with van der Waals surface area (Å²) in [6.45, 7) is 2.23. The lowest BCUT2D eigenvalue weighted by molar-refractivity contribution is 0.490. The maximum Gasteiger partial charge on any atom is 0.261 e. The molecule has 86 valence electrons. The number of aryl methyl sites for hydroxylation is 1. The van der Waals surface area contributed by atoms with E-state index in [4.69, 9.17) is 4.55 Å². The van der Waals surface area contributed by atoms with Gasteiger partial charge in [-0.1, -0.05) is 43.7 Å². The molecule has 15 heavy (non-hydrogen) atoms. The molecule has 0 heterocycles. The van der Waals surface area contributed by atoms with E-state index >= 15 is 0 Å². The first-order chi connectivity index (χ1) is 6.93. The molecule has 3 nitrogen and oxygen atoms in total. The Labute approximate surface area is 91.9 Å². The highest BCUT2D eigenvalue weighted by molar-refractivity contribution is 7.85.